The number of rotatable bonds is 8. The second-order valence-corrected chi connectivity index (χ2v) is 6.26. The van der Waals surface area contributed by atoms with Gasteiger partial charge in [-0.25, -0.2) is 8.42 Å². The van der Waals surface area contributed by atoms with E-state index < -0.39 is 16.0 Å². The standard InChI is InChI=1S/C14H21NO5S/c1-4-9-15(11-14(16)20-5-2)21(17,18)13-8-6-7-12(10-13)19-3/h6-8,10H,4-5,9,11H2,1-3H3. The highest BCUT2D eigenvalue weighted by molar-refractivity contribution is 7.89. The fraction of sp³-hybridized carbons (Fsp3) is 0.500. The molecule has 0 amide bonds. The second-order valence-electron chi connectivity index (χ2n) is 4.32. The van der Waals surface area contributed by atoms with E-state index in [0.717, 1.165) is 4.31 Å². The van der Waals surface area contributed by atoms with Gasteiger partial charge in [0.2, 0.25) is 10.0 Å². The van der Waals surface area contributed by atoms with Crippen LogP contribution in [0.3, 0.4) is 0 Å². The van der Waals surface area contributed by atoms with E-state index in [1.54, 1.807) is 19.1 Å². The van der Waals surface area contributed by atoms with Gasteiger partial charge in [0.25, 0.3) is 0 Å². The molecule has 0 saturated heterocycles. The summed E-state index contributed by atoms with van der Waals surface area (Å²) in [5.74, 6) is -0.110. The van der Waals surface area contributed by atoms with Crippen LogP contribution in [-0.4, -0.2) is 45.5 Å². The first-order chi connectivity index (χ1) is 9.95. The van der Waals surface area contributed by atoms with Crippen molar-refractivity contribution in [1.29, 1.82) is 0 Å². The molecule has 1 aromatic rings. The molecule has 0 aromatic heterocycles. The maximum absolute atomic E-state index is 12.6. The zero-order valence-corrected chi connectivity index (χ0v) is 13.4. The molecular weight excluding hydrogens is 294 g/mol. The molecule has 0 bridgehead atoms. The van der Waals surface area contributed by atoms with Crippen molar-refractivity contribution in [2.45, 2.75) is 25.2 Å². The van der Waals surface area contributed by atoms with Crippen LogP contribution in [0.25, 0.3) is 0 Å². The van der Waals surface area contributed by atoms with Gasteiger partial charge in [-0.2, -0.15) is 4.31 Å². The number of ether oxygens (including phenoxy) is 2. The van der Waals surface area contributed by atoms with Gasteiger partial charge in [0.05, 0.1) is 18.6 Å². The number of esters is 1. The van der Waals surface area contributed by atoms with Crippen LogP contribution in [0.2, 0.25) is 0 Å². The molecular formula is C14H21NO5S. The van der Waals surface area contributed by atoms with Crippen LogP contribution in [0.4, 0.5) is 0 Å². The van der Waals surface area contributed by atoms with Gasteiger partial charge in [0, 0.05) is 12.6 Å². The highest BCUT2D eigenvalue weighted by atomic mass is 32.2. The highest BCUT2D eigenvalue weighted by Crippen LogP contribution is 2.21. The summed E-state index contributed by atoms with van der Waals surface area (Å²) in [6.07, 6.45) is 0.600. The van der Waals surface area contributed by atoms with Crippen LogP contribution in [0, 0.1) is 0 Å². The SMILES string of the molecule is CCCN(CC(=O)OCC)S(=O)(=O)c1cccc(OC)c1. The topological polar surface area (TPSA) is 72.9 Å². The van der Waals surface area contributed by atoms with Gasteiger partial charge in [-0.05, 0) is 25.5 Å². The van der Waals surface area contributed by atoms with Crippen molar-refractivity contribution >= 4 is 16.0 Å². The van der Waals surface area contributed by atoms with Crippen LogP contribution in [0.1, 0.15) is 20.3 Å². The Morgan fingerprint density at radius 3 is 2.57 bits per heavy atom. The zero-order chi connectivity index (χ0) is 15.9. The molecule has 118 valence electrons. The Labute approximate surface area is 125 Å². The lowest BCUT2D eigenvalue weighted by molar-refractivity contribution is -0.143. The van der Waals surface area contributed by atoms with Crippen molar-refractivity contribution in [3.05, 3.63) is 24.3 Å². The lowest BCUT2D eigenvalue weighted by Gasteiger charge is -2.20. The number of hydrogen-bond acceptors (Lipinski definition) is 5. The third-order valence-corrected chi connectivity index (χ3v) is 4.60. The van der Waals surface area contributed by atoms with Crippen molar-refractivity contribution in [1.82, 2.24) is 4.31 Å². The lowest BCUT2D eigenvalue weighted by Crippen LogP contribution is -2.37. The summed E-state index contributed by atoms with van der Waals surface area (Å²) in [4.78, 5) is 11.7. The number of hydrogen-bond donors (Lipinski definition) is 0. The lowest BCUT2D eigenvalue weighted by atomic mass is 10.3. The van der Waals surface area contributed by atoms with Gasteiger partial charge in [-0.3, -0.25) is 4.79 Å². The summed E-state index contributed by atoms with van der Waals surface area (Å²) in [7, 11) is -2.29. The highest BCUT2D eigenvalue weighted by Gasteiger charge is 2.26. The van der Waals surface area contributed by atoms with Gasteiger partial charge in [-0.1, -0.05) is 13.0 Å². The van der Waals surface area contributed by atoms with E-state index >= 15 is 0 Å². The average Bonchev–Trinajstić information content (AvgIpc) is 2.47. The van der Waals surface area contributed by atoms with Crippen molar-refractivity contribution in [2.75, 3.05) is 26.8 Å². The summed E-state index contributed by atoms with van der Waals surface area (Å²) in [5.41, 5.74) is 0. The molecule has 0 fully saturated rings. The molecule has 0 unspecified atom stereocenters. The molecule has 0 spiro atoms. The predicted molar refractivity (Wildman–Crippen MR) is 78.7 cm³/mol. The number of benzene rings is 1. The Balaban J connectivity index is 3.05. The minimum absolute atomic E-state index is 0.0969. The maximum atomic E-state index is 12.6. The van der Waals surface area contributed by atoms with Gasteiger partial charge in [0.1, 0.15) is 12.3 Å². The van der Waals surface area contributed by atoms with Crippen molar-refractivity contribution in [2.24, 2.45) is 0 Å². The molecule has 0 aliphatic heterocycles. The Kier molecular flexibility index (Phi) is 6.64. The predicted octanol–water partition coefficient (Wildman–Crippen LogP) is 1.66. The summed E-state index contributed by atoms with van der Waals surface area (Å²) in [5, 5.41) is 0. The largest absolute Gasteiger partial charge is 0.497 e. The summed E-state index contributed by atoms with van der Waals surface area (Å²) < 4.78 is 36.2. The molecule has 0 aliphatic carbocycles. The van der Waals surface area contributed by atoms with Gasteiger partial charge < -0.3 is 9.47 Å². The van der Waals surface area contributed by atoms with E-state index in [1.165, 1.54) is 19.2 Å². The zero-order valence-electron chi connectivity index (χ0n) is 12.5. The summed E-state index contributed by atoms with van der Waals surface area (Å²) in [6.45, 7) is 3.70. The molecule has 6 nitrogen and oxygen atoms in total. The molecule has 21 heavy (non-hydrogen) atoms. The quantitative estimate of drug-likeness (QED) is 0.682. The van der Waals surface area contributed by atoms with Gasteiger partial charge in [-0.15, -0.1) is 0 Å². The fourth-order valence-electron chi connectivity index (χ4n) is 1.79. The Morgan fingerprint density at radius 2 is 2.00 bits per heavy atom. The first kappa shape index (κ1) is 17.5. The van der Waals surface area contributed by atoms with Crippen molar-refractivity contribution < 1.29 is 22.7 Å². The van der Waals surface area contributed by atoms with E-state index in [4.69, 9.17) is 9.47 Å². The number of carbonyl (C=O) groups is 1. The third kappa shape index (κ3) is 4.71. The van der Waals surface area contributed by atoms with E-state index in [2.05, 4.69) is 0 Å². The average molecular weight is 315 g/mol. The monoisotopic (exact) mass is 315 g/mol. The summed E-state index contributed by atoms with van der Waals surface area (Å²) in [6, 6.07) is 6.17. The Morgan fingerprint density at radius 1 is 1.29 bits per heavy atom. The molecule has 0 radical (unpaired) electrons. The number of carbonyl (C=O) groups excluding carboxylic acids is 1. The first-order valence-corrected chi connectivity index (χ1v) is 8.19. The van der Waals surface area contributed by atoms with E-state index in [0.29, 0.717) is 12.2 Å². The van der Waals surface area contributed by atoms with Crippen LogP contribution < -0.4 is 4.74 Å². The van der Waals surface area contributed by atoms with Crippen LogP contribution >= 0.6 is 0 Å². The number of sulfonamides is 1. The van der Waals surface area contributed by atoms with E-state index in [-0.39, 0.29) is 24.6 Å². The fourth-order valence-corrected chi connectivity index (χ4v) is 3.31. The molecule has 0 atom stereocenters. The molecule has 0 saturated carbocycles. The van der Waals surface area contributed by atoms with Crippen molar-refractivity contribution in [3.8, 4) is 5.75 Å². The maximum Gasteiger partial charge on any atom is 0.321 e. The Bertz CT molecular complexity index is 570. The summed E-state index contributed by atoms with van der Waals surface area (Å²) >= 11 is 0. The first-order valence-electron chi connectivity index (χ1n) is 6.75. The minimum Gasteiger partial charge on any atom is -0.497 e. The molecule has 0 aliphatic rings. The Hall–Kier alpha value is -1.60. The van der Waals surface area contributed by atoms with Gasteiger partial charge >= 0.3 is 5.97 Å². The molecule has 0 heterocycles. The van der Waals surface area contributed by atoms with E-state index in [9.17, 15) is 13.2 Å². The number of nitrogens with zero attached hydrogens (tertiary/aromatic N) is 1. The molecule has 0 N–H and O–H groups in total. The molecule has 1 aromatic carbocycles. The van der Waals surface area contributed by atoms with Crippen LogP contribution in [0.15, 0.2) is 29.2 Å². The number of methoxy groups -OCH3 is 1. The second kappa shape index (κ2) is 7.99. The van der Waals surface area contributed by atoms with Crippen LogP contribution in [-0.2, 0) is 19.6 Å². The van der Waals surface area contributed by atoms with Gasteiger partial charge in [0.15, 0.2) is 0 Å². The molecule has 7 heteroatoms. The smallest absolute Gasteiger partial charge is 0.321 e. The van der Waals surface area contributed by atoms with Crippen molar-refractivity contribution in [3.63, 3.8) is 0 Å². The normalized spacial score (nSPS) is 11.4. The minimum atomic E-state index is -3.76. The van der Waals surface area contributed by atoms with E-state index in [1.807, 2.05) is 6.92 Å². The third-order valence-electron chi connectivity index (χ3n) is 2.76. The molecule has 1 rings (SSSR count). The van der Waals surface area contributed by atoms with Crippen LogP contribution in [0.5, 0.6) is 5.75 Å².